The van der Waals surface area contributed by atoms with Crippen molar-refractivity contribution in [2.24, 2.45) is 17.1 Å². The molecule has 0 radical (unpaired) electrons. The van der Waals surface area contributed by atoms with E-state index in [-0.39, 0.29) is 11.3 Å². The number of hydrogen-bond acceptors (Lipinski definition) is 3. The number of amides is 2. The van der Waals surface area contributed by atoms with E-state index >= 15 is 0 Å². The van der Waals surface area contributed by atoms with Gasteiger partial charge >= 0.3 is 0 Å². The summed E-state index contributed by atoms with van der Waals surface area (Å²) in [5.41, 5.74) is 5.00. The highest BCUT2D eigenvalue weighted by atomic mass is 16.2. The van der Waals surface area contributed by atoms with Crippen LogP contribution in [0.3, 0.4) is 0 Å². The van der Waals surface area contributed by atoms with Crippen molar-refractivity contribution in [2.75, 3.05) is 13.1 Å². The highest BCUT2D eigenvalue weighted by molar-refractivity contribution is 5.87. The van der Waals surface area contributed by atoms with Crippen molar-refractivity contribution in [3.63, 3.8) is 0 Å². The first-order valence-electron chi connectivity index (χ1n) is 7.10. The Hall–Kier alpha value is -1.10. The third kappa shape index (κ3) is 5.59. The number of nitrogens with two attached hydrogens (primary N) is 1. The van der Waals surface area contributed by atoms with E-state index in [1.807, 2.05) is 20.8 Å². The molecule has 1 atom stereocenters. The van der Waals surface area contributed by atoms with Crippen molar-refractivity contribution in [2.45, 2.75) is 52.5 Å². The Morgan fingerprint density at radius 2 is 1.89 bits per heavy atom. The molecule has 0 aromatic heterocycles. The van der Waals surface area contributed by atoms with Gasteiger partial charge in [-0.2, -0.15) is 0 Å². The molecule has 0 aromatic carbocycles. The van der Waals surface area contributed by atoms with E-state index in [9.17, 15) is 9.59 Å². The van der Waals surface area contributed by atoms with E-state index in [1.165, 1.54) is 0 Å². The second-order valence-electron chi connectivity index (χ2n) is 6.50. The molecular formula is C14H27N3O2. The van der Waals surface area contributed by atoms with Crippen molar-refractivity contribution >= 4 is 11.8 Å². The van der Waals surface area contributed by atoms with E-state index in [0.717, 1.165) is 32.4 Å². The summed E-state index contributed by atoms with van der Waals surface area (Å²) in [7, 11) is 0. The van der Waals surface area contributed by atoms with Crippen LogP contribution >= 0.6 is 0 Å². The first-order valence-corrected chi connectivity index (χ1v) is 7.10. The summed E-state index contributed by atoms with van der Waals surface area (Å²) < 4.78 is 0. The van der Waals surface area contributed by atoms with Crippen LogP contribution in [0, 0.1) is 11.3 Å². The summed E-state index contributed by atoms with van der Waals surface area (Å²) in [5.74, 6) is 0.0774. The van der Waals surface area contributed by atoms with Crippen LogP contribution in [-0.4, -0.2) is 30.9 Å². The van der Waals surface area contributed by atoms with Crippen LogP contribution in [-0.2, 0) is 9.59 Å². The van der Waals surface area contributed by atoms with Gasteiger partial charge in [0.2, 0.25) is 11.8 Å². The first-order chi connectivity index (χ1) is 8.80. The second kappa shape index (κ2) is 6.89. The maximum Gasteiger partial charge on any atom is 0.240 e. The normalized spacial score (nSPS) is 18.9. The van der Waals surface area contributed by atoms with Crippen LogP contribution in [0.15, 0.2) is 0 Å². The minimum Gasteiger partial charge on any atom is -0.368 e. The molecule has 1 heterocycles. The quantitative estimate of drug-likeness (QED) is 0.689. The van der Waals surface area contributed by atoms with Gasteiger partial charge in [0.05, 0.1) is 0 Å². The number of carbonyl (C=O) groups excluding carboxylic acids is 2. The van der Waals surface area contributed by atoms with Gasteiger partial charge in [0, 0.05) is 6.42 Å². The monoisotopic (exact) mass is 269 g/mol. The number of hydrogen-bond donors (Lipinski definition) is 3. The summed E-state index contributed by atoms with van der Waals surface area (Å²) in [6.07, 6.45) is 3.63. The van der Waals surface area contributed by atoms with Gasteiger partial charge in [-0.05, 0) is 43.7 Å². The van der Waals surface area contributed by atoms with Gasteiger partial charge in [-0.15, -0.1) is 0 Å². The van der Waals surface area contributed by atoms with E-state index in [1.54, 1.807) is 0 Å². The molecule has 1 saturated heterocycles. The molecule has 0 saturated carbocycles. The Morgan fingerprint density at radius 3 is 2.37 bits per heavy atom. The standard InChI is InChI=1S/C14H27N3O2/c1-14(2,3)12(13(15)19)17-11(18)5-4-10-6-8-16-9-7-10/h10,12,16H,4-9H2,1-3H3,(H2,15,19)(H,17,18). The highest BCUT2D eigenvalue weighted by Gasteiger charge is 2.31. The predicted octanol–water partition coefficient (Wildman–Crippen LogP) is 0.782. The van der Waals surface area contributed by atoms with Crippen molar-refractivity contribution in [1.82, 2.24) is 10.6 Å². The maximum atomic E-state index is 11.9. The Balaban J connectivity index is 2.38. The molecule has 0 bridgehead atoms. The number of carbonyl (C=O) groups is 2. The molecule has 2 amide bonds. The van der Waals surface area contributed by atoms with Crippen LogP contribution in [0.2, 0.25) is 0 Å². The van der Waals surface area contributed by atoms with Gasteiger partial charge in [-0.25, -0.2) is 0 Å². The summed E-state index contributed by atoms with van der Waals surface area (Å²) >= 11 is 0. The third-order valence-electron chi connectivity index (χ3n) is 3.69. The van der Waals surface area contributed by atoms with Crippen LogP contribution in [0.25, 0.3) is 0 Å². The Labute approximate surface area is 115 Å². The zero-order valence-electron chi connectivity index (χ0n) is 12.3. The summed E-state index contributed by atoms with van der Waals surface area (Å²) in [4.78, 5) is 23.3. The lowest BCUT2D eigenvalue weighted by Gasteiger charge is -2.29. The average Bonchev–Trinajstić information content (AvgIpc) is 2.33. The van der Waals surface area contributed by atoms with Crippen LogP contribution < -0.4 is 16.4 Å². The van der Waals surface area contributed by atoms with Gasteiger partial charge in [0.15, 0.2) is 0 Å². The summed E-state index contributed by atoms with van der Waals surface area (Å²) in [6, 6.07) is -0.604. The lowest BCUT2D eigenvalue weighted by atomic mass is 9.86. The second-order valence-corrected chi connectivity index (χ2v) is 6.50. The molecule has 0 aliphatic carbocycles. The van der Waals surface area contributed by atoms with E-state index < -0.39 is 11.9 Å². The predicted molar refractivity (Wildman–Crippen MR) is 75.4 cm³/mol. The van der Waals surface area contributed by atoms with Crippen LogP contribution in [0.5, 0.6) is 0 Å². The minimum absolute atomic E-state index is 0.0720. The zero-order chi connectivity index (χ0) is 14.5. The van der Waals surface area contributed by atoms with E-state index in [0.29, 0.717) is 12.3 Å². The average molecular weight is 269 g/mol. The molecule has 4 N–H and O–H groups in total. The lowest BCUT2D eigenvalue weighted by Crippen LogP contribution is -2.52. The molecule has 1 aliphatic heterocycles. The van der Waals surface area contributed by atoms with E-state index in [2.05, 4.69) is 10.6 Å². The first kappa shape index (κ1) is 16.0. The fourth-order valence-corrected chi connectivity index (χ4v) is 2.45. The van der Waals surface area contributed by atoms with Crippen LogP contribution in [0.4, 0.5) is 0 Å². The molecule has 1 unspecified atom stereocenters. The molecule has 110 valence electrons. The number of primary amides is 1. The highest BCUT2D eigenvalue weighted by Crippen LogP contribution is 2.20. The Morgan fingerprint density at radius 1 is 1.32 bits per heavy atom. The smallest absolute Gasteiger partial charge is 0.240 e. The largest absolute Gasteiger partial charge is 0.368 e. The maximum absolute atomic E-state index is 11.9. The van der Waals surface area contributed by atoms with Gasteiger partial charge < -0.3 is 16.4 Å². The minimum atomic E-state index is -0.604. The fourth-order valence-electron chi connectivity index (χ4n) is 2.45. The van der Waals surface area contributed by atoms with Gasteiger partial charge in [0.1, 0.15) is 6.04 Å². The molecule has 1 aliphatic rings. The molecule has 19 heavy (non-hydrogen) atoms. The van der Waals surface area contributed by atoms with Gasteiger partial charge in [-0.1, -0.05) is 20.8 Å². The Kier molecular flexibility index (Phi) is 5.79. The molecule has 1 fully saturated rings. The molecule has 0 aromatic rings. The molecule has 5 heteroatoms. The number of piperidine rings is 1. The zero-order valence-corrected chi connectivity index (χ0v) is 12.3. The van der Waals surface area contributed by atoms with Crippen molar-refractivity contribution in [3.05, 3.63) is 0 Å². The van der Waals surface area contributed by atoms with Crippen molar-refractivity contribution in [3.8, 4) is 0 Å². The van der Waals surface area contributed by atoms with E-state index in [4.69, 9.17) is 5.73 Å². The fraction of sp³-hybridized carbons (Fsp3) is 0.857. The molecule has 1 rings (SSSR count). The molecule has 5 nitrogen and oxygen atoms in total. The third-order valence-corrected chi connectivity index (χ3v) is 3.69. The number of nitrogens with one attached hydrogen (secondary N) is 2. The Bertz CT molecular complexity index is 317. The van der Waals surface area contributed by atoms with Crippen molar-refractivity contribution in [1.29, 1.82) is 0 Å². The number of rotatable bonds is 5. The molecule has 0 spiro atoms. The topological polar surface area (TPSA) is 84.2 Å². The van der Waals surface area contributed by atoms with Crippen LogP contribution in [0.1, 0.15) is 46.5 Å². The summed E-state index contributed by atoms with van der Waals surface area (Å²) in [6.45, 7) is 7.77. The lowest BCUT2D eigenvalue weighted by molar-refractivity contribution is -0.129. The molecular weight excluding hydrogens is 242 g/mol. The SMILES string of the molecule is CC(C)(C)C(NC(=O)CCC1CCNCC1)C(N)=O. The van der Waals surface area contributed by atoms with Gasteiger partial charge in [-0.3, -0.25) is 9.59 Å². The van der Waals surface area contributed by atoms with Crippen molar-refractivity contribution < 1.29 is 9.59 Å². The summed E-state index contributed by atoms with van der Waals surface area (Å²) in [5, 5.41) is 6.07. The van der Waals surface area contributed by atoms with Gasteiger partial charge in [0.25, 0.3) is 0 Å².